The second-order valence-corrected chi connectivity index (χ2v) is 2.41. The van der Waals surface area contributed by atoms with Gasteiger partial charge in [-0.15, -0.1) is 5.92 Å². The van der Waals surface area contributed by atoms with Gasteiger partial charge in [0.25, 0.3) is 0 Å². The van der Waals surface area contributed by atoms with Crippen LogP contribution in [0.15, 0.2) is 18.2 Å². The lowest BCUT2D eigenvalue weighted by Crippen LogP contribution is -1.79. The van der Waals surface area contributed by atoms with E-state index in [2.05, 4.69) is 11.8 Å². The lowest BCUT2D eigenvalue weighted by molar-refractivity contribution is 0.628. The molecule has 0 nitrogen and oxygen atoms in total. The third-order valence-electron chi connectivity index (χ3n) is 1.19. The van der Waals surface area contributed by atoms with E-state index in [-0.39, 0.29) is 5.02 Å². The normalized spacial score (nSPS) is 8.64. The molecule has 0 saturated heterocycles. The molecular weight excluding hydrogens is 163 g/mol. The molecule has 0 bridgehead atoms. The minimum Gasteiger partial charge on any atom is -0.205 e. The summed E-state index contributed by atoms with van der Waals surface area (Å²) in [4.78, 5) is 0. The first-order valence-corrected chi connectivity index (χ1v) is 3.49. The lowest BCUT2D eigenvalue weighted by Gasteiger charge is -1.92. The zero-order valence-electron chi connectivity index (χ0n) is 5.99. The molecule has 0 aromatic heterocycles. The van der Waals surface area contributed by atoms with Crippen molar-refractivity contribution in [2.75, 3.05) is 0 Å². The molecule has 11 heavy (non-hydrogen) atoms. The molecule has 0 spiro atoms. The molecule has 1 rings (SSSR count). The highest BCUT2D eigenvalue weighted by atomic mass is 35.5. The summed E-state index contributed by atoms with van der Waals surface area (Å²) in [7, 11) is 0. The summed E-state index contributed by atoms with van der Waals surface area (Å²) in [5, 5.41) is 0.131. The summed E-state index contributed by atoms with van der Waals surface area (Å²) in [5.74, 6) is 4.97. The van der Waals surface area contributed by atoms with Gasteiger partial charge < -0.3 is 0 Å². The Hall–Kier alpha value is -1.00. The SMILES string of the molecule is CC#Cc1ccc(Cl)c(F)c1. The van der Waals surface area contributed by atoms with E-state index in [9.17, 15) is 4.39 Å². The molecule has 0 aliphatic carbocycles. The van der Waals surface area contributed by atoms with Gasteiger partial charge in [0.1, 0.15) is 5.82 Å². The van der Waals surface area contributed by atoms with Gasteiger partial charge in [-0.25, -0.2) is 4.39 Å². The van der Waals surface area contributed by atoms with Crippen LogP contribution in [0.2, 0.25) is 5.02 Å². The summed E-state index contributed by atoms with van der Waals surface area (Å²) in [6.45, 7) is 1.70. The van der Waals surface area contributed by atoms with Crippen molar-refractivity contribution < 1.29 is 4.39 Å². The molecule has 0 heterocycles. The topological polar surface area (TPSA) is 0 Å². The Labute approximate surface area is 70.0 Å². The van der Waals surface area contributed by atoms with Crippen LogP contribution in [-0.2, 0) is 0 Å². The van der Waals surface area contributed by atoms with Crippen molar-refractivity contribution in [3.05, 3.63) is 34.6 Å². The predicted octanol–water partition coefficient (Wildman–Crippen LogP) is 2.85. The number of hydrogen-bond acceptors (Lipinski definition) is 0. The van der Waals surface area contributed by atoms with Crippen molar-refractivity contribution in [3.8, 4) is 11.8 Å². The van der Waals surface area contributed by atoms with Crippen molar-refractivity contribution >= 4 is 11.6 Å². The maximum absolute atomic E-state index is 12.7. The standard InChI is InChI=1S/C9H6ClF/c1-2-3-7-4-5-8(10)9(11)6-7/h4-6H,1H3. The van der Waals surface area contributed by atoms with Crippen molar-refractivity contribution in [2.24, 2.45) is 0 Å². The predicted molar refractivity (Wildman–Crippen MR) is 44.0 cm³/mol. The third-order valence-corrected chi connectivity index (χ3v) is 1.50. The summed E-state index contributed by atoms with van der Waals surface area (Å²) in [6.07, 6.45) is 0. The first-order chi connectivity index (χ1) is 5.24. The van der Waals surface area contributed by atoms with E-state index in [1.807, 2.05) is 0 Å². The molecule has 0 aliphatic heterocycles. The van der Waals surface area contributed by atoms with Gasteiger partial charge in [-0.2, -0.15) is 0 Å². The fraction of sp³-hybridized carbons (Fsp3) is 0.111. The van der Waals surface area contributed by atoms with Crippen LogP contribution >= 0.6 is 11.6 Å². The van der Waals surface area contributed by atoms with Crippen molar-refractivity contribution in [3.63, 3.8) is 0 Å². The lowest BCUT2D eigenvalue weighted by atomic mass is 10.2. The molecule has 0 saturated carbocycles. The second-order valence-electron chi connectivity index (χ2n) is 2.00. The smallest absolute Gasteiger partial charge is 0.143 e. The van der Waals surface area contributed by atoms with E-state index >= 15 is 0 Å². The molecule has 0 fully saturated rings. The molecule has 56 valence electrons. The molecule has 2 heteroatoms. The van der Waals surface area contributed by atoms with Gasteiger partial charge in [0.15, 0.2) is 0 Å². The maximum Gasteiger partial charge on any atom is 0.143 e. The van der Waals surface area contributed by atoms with Gasteiger partial charge >= 0.3 is 0 Å². The van der Waals surface area contributed by atoms with Crippen LogP contribution in [0.5, 0.6) is 0 Å². The summed E-state index contributed by atoms with van der Waals surface area (Å²) < 4.78 is 12.7. The van der Waals surface area contributed by atoms with Gasteiger partial charge in [0, 0.05) is 5.56 Å². The van der Waals surface area contributed by atoms with Gasteiger partial charge in [0.2, 0.25) is 0 Å². The summed E-state index contributed by atoms with van der Waals surface area (Å²) >= 11 is 5.46. The number of halogens is 2. The largest absolute Gasteiger partial charge is 0.205 e. The van der Waals surface area contributed by atoms with Crippen LogP contribution in [-0.4, -0.2) is 0 Å². The first kappa shape index (κ1) is 8.10. The highest BCUT2D eigenvalue weighted by Crippen LogP contribution is 2.14. The Kier molecular flexibility index (Phi) is 2.51. The summed E-state index contributed by atoms with van der Waals surface area (Å²) in [5.41, 5.74) is 0.648. The third kappa shape index (κ3) is 1.96. The zero-order chi connectivity index (χ0) is 8.27. The van der Waals surface area contributed by atoms with Crippen LogP contribution in [0.3, 0.4) is 0 Å². The van der Waals surface area contributed by atoms with E-state index in [0.29, 0.717) is 5.56 Å². The van der Waals surface area contributed by atoms with E-state index in [0.717, 1.165) is 0 Å². The monoisotopic (exact) mass is 168 g/mol. The Morgan fingerprint density at radius 2 is 2.18 bits per heavy atom. The van der Waals surface area contributed by atoms with Crippen LogP contribution in [0.1, 0.15) is 12.5 Å². The van der Waals surface area contributed by atoms with Gasteiger partial charge in [-0.1, -0.05) is 17.5 Å². The Bertz CT molecular complexity index is 320. The highest BCUT2D eigenvalue weighted by molar-refractivity contribution is 6.30. The molecule has 1 aromatic carbocycles. The summed E-state index contributed by atoms with van der Waals surface area (Å²) in [6, 6.07) is 4.50. The fourth-order valence-electron chi connectivity index (χ4n) is 0.718. The van der Waals surface area contributed by atoms with Crippen LogP contribution in [0, 0.1) is 17.7 Å². The van der Waals surface area contributed by atoms with Gasteiger partial charge in [0.05, 0.1) is 5.02 Å². The van der Waals surface area contributed by atoms with Crippen molar-refractivity contribution in [1.82, 2.24) is 0 Å². The molecule has 1 aromatic rings. The molecule has 0 aliphatic rings. The minimum absolute atomic E-state index is 0.131. The quantitative estimate of drug-likeness (QED) is 0.523. The molecule has 0 unspecified atom stereocenters. The Morgan fingerprint density at radius 1 is 1.45 bits per heavy atom. The highest BCUT2D eigenvalue weighted by Gasteiger charge is 1.97. The number of benzene rings is 1. The zero-order valence-corrected chi connectivity index (χ0v) is 6.74. The van der Waals surface area contributed by atoms with E-state index in [1.165, 1.54) is 12.1 Å². The minimum atomic E-state index is -0.424. The number of rotatable bonds is 0. The molecule has 0 radical (unpaired) electrons. The molecule has 0 atom stereocenters. The first-order valence-electron chi connectivity index (χ1n) is 3.12. The second kappa shape index (κ2) is 3.41. The average molecular weight is 169 g/mol. The van der Waals surface area contributed by atoms with E-state index in [1.54, 1.807) is 13.0 Å². The van der Waals surface area contributed by atoms with Crippen molar-refractivity contribution in [2.45, 2.75) is 6.92 Å². The Morgan fingerprint density at radius 3 is 2.73 bits per heavy atom. The van der Waals surface area contributed by atoms with E-state index < -0.39 is 5.82 Å². The molecule has 0 N–H and O–H groups in total. The average Bonchev–Trinajstić information content (AvgIpc) is 1.98. The van der Waals surface area contributed by atoms with E-state index in [4.69, 9.17) is 11.6 Å². The van der Waals surface area contributed by atoms with Crippen molar-refractivity contribution in [1.29, 1.82) is 0 Å². The van der Waals surface area contributed by atoms with Crippen LogP contribution in [0.4, 0.5) is 4.39 Å². The van der Waals surface area contributed by atoms with Gasteiger partial charge in [-0.05, 0) is 25.1 Å². The maximum atomic E-state index is 12.7. The number of hydrogen-bond donors (Lipinski definition) is 0. The fourth-order valence-corrected chi connectivity index (χ4v) is 0.836. The Balaban J connectivity index is 3.12. The van der Waals surface area contributed by atoms with Crippen LogP contribution in [0.25, 0.3) is 0 Å². The van der Waals surface area contributed by atoms with Crippen LogP contribution < -0.4 is 0 Å². The molecule has 0 amide bonds. The van der Waals surface area contributed by atoms with Gasteiger partial charge in [-0.3, -0.25) is 0 Å². The molecular formula is C9H6ClF.